The van der Waals surface area contributed by atoms with Gasteiger partial charge in [0.2, 0.25) is 0 Å². The van der Waals surface area contributed by atoms with Crippen molar-refractivity contribution < 1.29 is 44.1 Å². The van der Waals surface area contributed by atoms with E-state index in [9.17, 15) is 10.2 Å². The van der Waals surface area contributed by atoms with Crippen LogP contribution in [-0.2, 0) is 15.9 Å². The van der Waals surface area contributed by atoms with E-state index in [2.05, 4.69) is 0 Å². The summed E-state index contributed by atoms with van der Waals surface area (Å²) in [6.45, 7) is 0.384. The molecule has 0 saturated carbocycles. The Labute approximate surface area is 205 Å². The van der Waals surface area contributed by atoms with Gasteiger partial charge in [0.1, 0.15) is 6.10 Å². The number of rotatable bonds is 6. The standard InChI is InChI=1S/C20H24O5.C6H12O4/c1-23-18-8-13(4-5-17(18)22)15-7-12(11-21)6-14-9-19(24-2)20(25-3)10-16(14)15;1-9-6-5(8)2-4(7)3-10-6/h4-5,8-10,12,15,21-22H,6-7,11H2,1-3H3;4-8H,2-3H2,1H3/t12-,15+;4-,5+,6+/m00/s1. The number of benzene rings is 2. The third-order valence-corrected chi connectivity index (χ3v) is 6.48. The number of aliphatic hydroxyl groups is 3. The van der Waals surface area contributed by atoms with E-state index >= 15 is 0 Å². The zero-order valence-electron chi connectivity index (χ0n) is 20.6. The average molecular weight is 493 g/mol. The first-order valence-electron chi connectivity index (χ1n) is 11.6. The molecule has 0 bridgehead atoms. The van der Waals surface area contributed by atoms with Crippen molar-refractivity contribution in [1.82, 2.24) is 0 Å². The molecular weight excluding hydrogens is 456 g/mol. The molecule has 1 saturated heterocycles. The van der Waals surface area contributed by atoms with Gasteiger partial charge in [-0.15, -0.1) is 0 Å². The SMILES string of the molecule is CO[C@@H]1OC[C@@H](O)C[C@H]1O.COc1cc([C@H]2C[C@@H](CO)Cc3cc(OC)c(OC)cc32)ccc1O. The third kappa shape index (κ3) is 6.36. The highest BCUT2D eigenvalue weighted by Crippen LogP contribution is 2.45. The first-order valence-corrected chi connectivity index (χ1v) is 11.6. The molecule has 0 spiro atoms. The molecule has 35 heavy (non-hydrogen) atoms. The lowest BCUT2D eigenvalue weighted by Gasteiger charge is -2.32. The van der Waals surface area contributed by atoms with Crippen LogP contribution >= 0.6 is 0 Å². The summed E-state index contributed by atoms with van der Waals surface area (Å²) in [7, 11) is 6.25. The van der Waals surface area contributed by atoms with Gasteiger partial charge < -0.3 is 44.1 Å². The molecule has 2 aromatic carbocycles. The molecule has 0 amide bonds. The van der Waals surface area contributed by atoms with Crippen LogP contribution < -0.4 is 14.2 Å². The topological polar surface area (TPSA) is 127 Å². The highest BCUT2D eigenvalue weighted by molar-refractivity contribution is 5.53. The van der Waals surface area contributed by atoms with Crippen molar-refractivity contribution in [2.75, 3.05) is 41.7 Å². The maximum atomic E-state index is 9.88. The van der Waals surface area contributed by atoms with Gasteiger partial charge in [0.15, 0.2) is 29.3 Å². The van der Waals surface area contributed by atoms with Crippen molar-refractivity contribution in [2.24, 2.45) is 5.92 Å². The van der Waals surface area contributed by atoms with Crippen LogP contribution in [0.4, 0.5) is 0 Å². The molecule has 0 radical (unpaired) electrons. The van der Waals surface area contributed by atoms with Gasteiger partial charge >= 0.3 is 0 Å². The fourth-order valence-electron chi connectivity index (χ4n) is 4.66. The number of phenols is 1. The van der Waals surface area contributed by atoms with Gasteiger partial charge in [0.05, 0.1) is 34.0 Å². The summed E-state index contributed by atoms with van der Waals surface area (Å²) in [6, 6.07) is 9.44. The Hall–Kier alpha value is -2.56. The second-order valence-corrected chi connectivity index (χ2v) is 8.77. The van der Waals surface area contributed by atoms with Gasteiger partial charge in [0, 0.05) is 26.1 Å². The number of fused-ring (bicyclic) bond motifs is 1. The summed E-state index contributed by atoms with van der Waals surface area (Å²) in [5.74, 6) is 2.23. The summed E-state index contributed by atoms with van der Waals surface area (Å²) < 4.78 is 25.8. The average Bonchev–Trinajstić information content (AvgIpc) is 2.87. The Morgan fingerprint density at radius 1 is 0.914 bits per heavy atom. The lowest BCUT2D eigenvalue weighted by Crippen LogP contribution is -2.41. The molecule has 5 atom stereocenters. The van der Waals surface area contributed by atoms with E-state index in [-0.39, 0.29) is 30.8 Å². The van der Waals surface area contributed by atoms with Crippen molar-refractivity contribution in [3.05, 3.63) is 47.0 Å². The molecule has 4 rings (SSSR count). The molecular formula is C26H36O9. The second-order valence-electron chi connectivity index (χ2n) is 8.77. The lowest BCUT2D eigenvalue weighted by atomic mass is 9.74. The molecule has 2 aromatic rings. The van der Waals surface area contributed by atoms with Gasteiger partial charge in [-0.05, 0) is 59.7 Å². The van der Waals surface area contributed by atoms with Crippen LogP contribution in [0.5, 0.6) is 23.0 Å². The quantitative estimate of drug-likeness (QED) is 0.480. The van der Waals surface area contributed by atoms with Crippen LogP contribution in [0.1, 0.15) is 35.4 Å². The van der Waals surface area contributed by atoms with Crippen LogP contribution in [0.3, 0.4) is 0 Å². The second kappa shape index (κ2) is 12.4. The molecule has 1 fully saturated rings. The van der Waals surface area contributed by atoms with Crippen molar-refractivity contribution in [1.29, 1.82) is 0 Å². The van der Waals surface area contributed by atoms with E-state index < -0.39 is 18.5 Å². The molecule has 194 valence electrons. The van der Waals surface area contributed by atoms with Gasteiger partial charge in [-0.3, -0.25) is 0 Å². The minimum atomic E-state index is -0.700. The van der Waals surface area contributed by atoms with Crippen LogP contribution in [0.15, 0.2) is 30.3 Å². The van der Waals surface area contributed by atoms with Gasteiger partial charge in [-0.2, -0.15) is 0 Å². The highest BCUT2D eigenvalue weighted by Gasteiger charge is 2.30. The first-order chi connectivity index (χ1) is 16.8. The summed E-state index contributed by atoms with van der Waals surface area (Å²) in [5, 5.41) is 37.7. The maximum Gasteiger partial charge on any atom is 0.183 e. The summed E-state index contributed by atoms with van der Waals surface area (Å²) in [4.78, 5) is 0. The van der Waals surface area contributed by atoms with Crippen molar-refractivity contribution in [3.63, 3.8) is 0 Å². The Bertz CT molecular complexity index is 964. The summed E-state index contributed by atoms with van der Waals surface area (Å²) in [6.07, 6.45) is 0.141. The zero-order chi connectivity index (χ0) is 25.5. The smallest absolute Gasteiger partial charge is 0.183 e. The molecule has 1 aliphatic heterocycles. The number of methoxy groups -OCH3 is 4. The van der Waals surface area contributed by atoms with Crippen LogP contribution in [0.2, 0.25) is 0 Å². The van der Waals surface area contributed by atoms with Crippen molar-refractivity contribution >= 4 is 0 Å². The Balaban J connectivity index is 0.000000287. The molecule has 4 N–H and O–H groups in total. The zero-order valence-corrected chi connectivity index (χ0v) is 20.6. The lowest BCUT2D eigenvalue weighted by molar-refractivity contribution is -0.224. The van der Waals surface area contributed by atoms with Gasteiger partial charge in [0.25, 0.3) is 0 Å². The fourth-order valence-corrected chi connectivity index (χ4v) is 4.66. The van der Waals surface area contributed by atoms with E-state index in [1.54, 1.807) is 20.3 Å². The first kappa shape index (κ1) is 27.0. The number of hydrogen-bond donors (Lipinski definition) is 4. The number of ether oxygens (including phenoxy) is 5. The largest absolute Gasteiger partial charge is 0.504 e. The van der Waals surface area contributed by atoms with E-state index in [0.29, 0.717) is 23.7 Å². The van der Waals surface area contributed by atoms with E-state index in [1.807, 2.05) is 24.3 Å². The van der Waals surface area contributed by atoms with Crippen molar-refractivity contribution in [3.8, 4) is 23.0 Å². The number of hydrogen-bond acceptors (Lipinski definition) is 9. The predicted octanol–water partition coefficient (Wildman–Crippen LogP) is 2.21. The maximum absolute atomic E-state index is 9.88. The Morgan fingerprint density at radius 2 is 1.60 bits per heavy atom. The number of aromatic hydroxyl groups is 1. The molecule has 0 unspecified atom stereocenters. The van der Waals surface area contributed by atoms with E-state index in [0.717, 1.165) is 29.5 Å². The van der Waals surface area contributed by atoms with Crippen LogP contribution in [-0.4, -0.2) is 80.6 Å². The number of aliphatic hydroxyl groups excluding tert-OH is 3. The molecule has 9 heteroatoms. The Kier molecular flexibility index (Phi) is 9.59. The van der Waals surface area contributed by atoms with Gasteiger partial charge in [-0.1, -0.05) is 6.07 Å². The van der Waals surface area contributed by atoms with Crippen LogP contribution in [0.25, 0.3) is 0 Å². The summed E-state index contributed by atoms with van der Waals surface area (Å²) in [5.41, 5.74) is 3.36. The normalized spacial score (nSPS) is 25.6. The van der Waals surface area contributed by atoms with E-state index in [1.165, 1.54) is 14.2 Å². The highest BCUT2D eigenvalue weighted by atomic mass is 16.7. The summed E-state index contributed by atoms with van der Waals surface area (Å²) >= 11 is 0. The van der Waals surface area contributed by atoms with E-state index in [4.69, 9.17) is 33.9 Å². The predicted molar refractivity (Wildman–Crippen MR) is 128 cm³/mol. The molecule has 0 aromatic heterocycles. The molecule has 1 aliphatic carbocycles. The van der Waals surface area contributed by atoms with Crippen LogP contribution in [0, 0.1) is 5.92 Å². The minimum Gasteiger partial charge on any atom is -0.504 e. The molecule has 9 nitrogen and oxygen atoms in total. The Morgan fingerprint density at radius 3 is 2.20 bits per heavy atom. The number of phenolic OH excluding ortho intramolecular Hbond substituents is 1. The van der Waals surface area contributed by atoms with Gasteiger partial charge in [-0.25, -0.2) is 0 Å². The van der Waals surface area contributed by atoms with Crippen molar-refractivity contribution in [2.45, 2.75) is 43.7 Å². The monoisotopic (exact) mass is 492 g/mol. The third-order valence-electron chi connectivity index (χ3n) is 6.48. The fraction of sp³-hybridized carbons (Fsp3) is 0.538. The minimum absolute atomic E-state index is 0.0928. The molecule has 1 heterocycles. The molecule has 2 aliphatic rings.